The third kappa shape index (κ3) is 6.45. The summed E-state index contributed by atoms with van der Waals surface area (Å²) in [6.45, 7) is 4.26. The van der Waals surface area contributed by atoms with E-state index in [9.17, 15) is 4.79 Å². The van der Waals surface area contributed by atoms with Crippen LogP contribution < -0.4 is 15.4 Å². The fraction of sp³-hybridized carbons (Fsp3) is 0.526. The molecule has 0 saturated carbocycles. The van der Waals surface area contributed by atoms with E-state index in [0.29, 0.717) is 29.8 Å². The van der Waals surface area contributed by atoms with Gasteiger partial charge in [-0.05, 0) is 55.5 Å². The first kappa shape index (κ1) is 21.6. The number of methoxy groups -OCH3 is 1. The molecule has 2 heterocycles. The Hall–Kier alpha value is -1.70. The summed E-state index contributed by atoms with van der Waals surface area (Å²) in [6, 6.07) is 7.89. The van der Waals surface area contributed by atoms with Crippen LogP contribution in [0, 0.1) is 11.8 Å². The van der Waals surface area contributed by atoms with Crippen LogP contribution in [0.15, 0.2) is 24.3 Å². The van der Waals surface area contributed by atoms with Crippen LogP contribution in [0.3, 0.4) is 0 Å². The van der Waals surface area contributed by atoms with E-state index >= 15 is 0 Å². The number of nitrogens with one attached hydrogen (secondary N) is 2. The van der Waals surface area contributed by atoms with Crippen LogP contribution in [0.5, 0.6) is 5.75 Å². The number of carbonyl (C=O) groups excluding carboxylic acids is 1. The Kier molecular flexibility index (Phi) is 8.47. The molecule has 3 rings (SSSR count). The number of anilines is 1. The number of ether oxygens (including phenoxy) is 1. The van der Waals surface area contributed by atoms with E-state index in [1.807, 2.05) is 24.3 Å². The molecule has 1 aliphatic rings. The van der Waals surface area contributed by atoms with Crippen molar-refractivity contribution in [2.24, 2.45) is 11.8 Å². The highest BCUT2D eigenvalue weighted by Crippen LogP contribution is 2.24. The highest BCUT2D eigenvalue weighted by Gasteiger charge is 2.22. The van der Waals surface area contributed by atoms with Crippen LogP contribution in [0.2, 0.25) is 0 Å². The third-order valence-electron chi connectivity index (χ3n) is 4.85. The van der Waals surface area contributed by atoms with E-state index in [1.165, 1.54) is 24.2 Å². The summed E-state index contributed by atoms with van der Waals surface area (Å²) in [7, 11) is 1.65. The van der Waals surface area contributed by atoms with Crippen molar-refractivity contribution >= 4 is 34.8 Å². The quantitative estimate of drug-likeness (QED) is 0.730. The van der Waals surface area contributed by atoms with E-state index in [2.05, 4.69) is 27.8 Å². The summed E-state index contributed by atoms with van der Waals surface area (Å²) < 4.78 is 5.24. The van der Waals surface area contributed by atoms with Gasteiger partial charge in [0.1, 0.15) is 10.8 Å². The molecule has 1 fully saturated rings. The summed E-state index contributed by atoms with van der Waals surface area (Å²) in [6.07, 6.45) is 3.59. The predicted molar refractivity (Wildman–Crippen MR) is 111 cm³/mol. The van der Waals surface area contributed by atoms with E-state index < -0.39 is 0 Å². The van der Waals surface area contributed by atoms with Crippen molar-refractivity contribution in [3.8, 4) is 5.75 Å². The van der Waals surface area contributed by atoms with Crippen LogP contribution in [-0.4, -0.2) is 36.3 Å². The molecule has 8 heteroatoms. The summed E-state index contributed by atoms with van der Waals surface area (Å²) >= 11 is 1.42. The third-order valence-corrected chi connectivity index (χ3v) is 5.69. The fourth-order valence-corrected chi connectivity index (χ4v) is 4.12. The molecule has 0 radical (unpaired) electrons. The molecule has 27 heavy (non-hydrogen) atoms. The van der Waals surface area contributed by atoms with Crippen molar-refractivity contribution in [3.05, 3.63) is 34.8 Å². The zero-order valence-corrected chi connectivity index (χ0v) is 17.4. The van der Waals surface area contributed by atoms with Gasteiger partial charge in [-0.1, -0.05) is 30.4 Å². The van der Waals surface area contributed by atoms with Crippen LogP contribution >= 0.6 is 23.7 Å². The van der Waals surface area contributed by atoms with Gasteiger partial charge in [0.15, 0.2) is 0 Å². The smallest absolute Gasteiger partial charge is 0.226 e. The standard InChI is InChI=1S/C19H26N4O2S.ClH/c1-13(15-6-4-8-20-12-15)9-17(24)21-19-23-22-18(26-19)11-14-5-3-7-16(10-14)25-2;/h3,5,7,10,13,15,20H,4,6,8-9,11-12H2,1-2H3,(H,21,23,24);1H. The SMILES string of the molecule is COc1cccc(Cc2nnc(NC(=O)CC(C)C3CCCNC3)s2)c1.Cl. The number of hydrogen-bond acceptors (Lipinski definition) is 6. The topological polar surface area (TPSA) is 76.1 Å². The highest BCUT2D eigenvalue weighted by molar-refractivity contribution is 7.15. The molecule has 0 aliphatic carbocycles. The summed E-state index contributed by atoms with van der Waals surface area (Å²) in [5.41, 5.74) is 1.11. The van der Waals surface area contributed by atoms with Crippen LogP contribution in [-0.2, 0) is 11.2 Å². The van der Waals surface area contributed by atoms with Crippen molar-refractivity contribution in [1.82, 2.24) is 15.5 Å². The number of halogens is 1. The van der Waals surface area contributed by atoms with Crippen molar-refractivity contribution in [1.29, 1.82) is 0 Å². The molecular weight excluding hydrogens is 384 g/mol. The van der Waals surface area contributed by atoms with Gasteiger partial charge >= 0.3 is 0 Å². The number of benzene rings is 1. The van der Waals surface area contributed by atoms with Crippen molar-refractivity contribution in [2.45, 2.75) is 32.6 Å². The largest absolute Gasteiger partial charge is 0.497 e. The normalized spacial score (nSPS) is 17.6. The van der Waals surface area contributed by atoms with Gasteiger partial charge in [0.25, 0.3) is 0 Å². The summed E-state index contributed by atoms with van der Waals surface area (Å²) in [5, 5.41) is 16.1. The van der Waals surface area contributed by atoms with Gasteiger partial charge < -0.3 is 15.4 Å². The average Bonchev–Trinajstić information content (AvgIpc) is 3.09. The minimum Gasteiger partial charge on any atom is -0.497 e. The van der Waals surface area contributed by atoms with Crippen LogP contribution in [0.1, 0.15) is 36.8 Å². The Morgan fingerprint density at radius 1 is 1.44 bits per heavy atom. The van der Waals surface area contributed by atoms with Crippen molar-refractivity contribution in [3.63, 3.8) is 0 Å². The van der Waals surface area contributed by atoms with Crippen LogP contribution in [0.4, 0.5) is 5.13 Å². The minimum absolute atomic E-state index is 0. The molecule has 1 aromatic heterocycles. The maximum absolute atomic E-state index is 12.3. The Bertz CT molecular complexity index is 734. The lowest BCUT2D eigenvalue weighted by Gasteiger charge is -2.27. The molecule has 2 unspecified atom stereocenters. The molecule has 2 N–H and O–H groups in total. The Balaban J connectivity index is 0.00000261. The lowest BCUT2D eigenvalue weighted by Crippen LogP contribution is -2.34. The van der Waals surface area contributed by atoms with Crippen molar-refractivity contribution in [2.75, 3.05) is 25.5 Å². The molecule has 1 aliphatic heterocycles. The van der Waals surface area contributed by atoms with Gasteiger partial charge in [0.05, 0.1) is 7.11 Å². The first-order valence-electron chi connectivity index (χ1n) is 9.10. The molecule has 2 atom stereocenters. The zero-order valence-electron chi connectivity index (χ0n) is 15.7. The lowest BCUT2D eigenvalue weighted by molar-refractivity contribution is -0.117. The van der Waals surface area contributed by atoms with Gasteiger partial charge in [-0.25, -0.2) is 0 Å². The number of piperidine rings is 1. The second kappa shape index (κ2) is 10.6. The molecule has 6 nitrogen and oxygen atoms in total. The first-order valence-corrected chi connectivity index (χ1v) is 9.91. The van der Waals surface area contributed by atoms with Gasteiger partial charge in [-0.3, -0.25) is 4.79 Å². The number of amides is 1. The van der Waals surface area contributed by atoms with Gasteiger partial charge in [0.2, 0.25) is 11.0 Å². The molecule has 2 aromatic rings. The Morgan fingerprint density at radius 3 is 3.04 bits per heavy atom. The van der Waals surface area contributed by atoms with E-state index in [0.717, 1.165) is 29.4 Å². The highest BCUT2D eigenvalue weighted by atomic mass is 35.5. The monoisotopic (exact) mass is 410 g/mol. The maximum Gasteiger partial charge on any atom is 0.226 e. The number of carbonyl (C=O) groups is 1. The van der Waals surface area contributed by atoms with Crippen LogP contribution in [0.25, 0.3) is 0 Å². The molecule has 0 bridgehead atoms. The Morgan fingerprint density at radius 2 is 2.30 bits per heavy atom. The fourth-order valence-electron chi connectivity index (χ4n) is 3.33. The van der Waals surface area contributed by atoms with E-state index in [4.69, 9.17) is 4.74 Å². The minimum atomic E-state index is 0. The van der Waals surface area contributed by atoms with E-state index in [-0.39, 0.29) is 18.3 Å². The van der Waals surface area contributed by atoms with Crippen molar-refractivity contribution < 1.29 is 9.53 Å². The molecule has 0 spiro atoms. The number of nitrogens with zero attached hydrogens (tertiary/aromatic N) is 2. The predicted octanol–water partition coefficient (Wildman–Crippen LogP) is 3.52. The number of aromatic nitrogens is 2. The van der Waals surface area contributed by atoms with E-state index in [1.54, 1.807) is 7.11 Å². The van der Waals surface area contributed by atoms with Gasteiger partial charge in [-0.2, -0.15) is 0 Å². The van der Waals surface area contributed by atoms with Gasteiger partial charge in [-0.15, -0.1) is 22.6 Å². The lowest BCUT2D eigenvalue weighted by atomic mass is 9.85. The number of rotatable bonds is 7. The van der Waals surface area contributed by atoms with Gasteiger partial charge in [0, 0.05) is 12.8 Å². The second-order valence-electron chi connectivity index (χ2n) is 6.87. The molecular formula is C19H27ClN4O2S. The molecule has 1 saturated heterocycles. The first-order chi connectivity index (χ1) is 12.6. The zero-order chi connectivity index (χ0) is 18.4. The second-order valence-corrected chi connectivity index (χ2v) is 7.93. The Labute approximate surface area is 170 Å². The summed E-state index contributed by atoms with van der Waals surface area (Å²) in [4.78, 5) is 12.3. The number of hydrogen-bond donors (Lipinski definition) is 2. The average molecular weight is 411 g/mol. The maximum atomic E-state index is 12.3. The summed E-state index contributed by atoms with van der Waals surface area (Å²) in [5.74, 6) is 1.79. The molecule has 148 valence electrons. The molecule has 1 amide bonds. The molecule has 1 aromatic carbocycles.